The highest BCUT2D eigenvalue weighted by atomic mass is 35.5. The third-order valence-corrected chi connectivity index (χ3v) is 7.34. The van der Waals surface area contributed by atoms with Gasteiger partial charge in [-0.15, -0.1) is 0 Å². The summed E-state index contributed by atoms with van der Waals surface area (Å²) < 4.78 is 0. The number of halogens is 2. The van der Waals surface area contributed by atoms with E-state index in [-0.39, 0.29) is 12.1 Å². The number of anilines is 2. The van der Waals surface area contributed by atoms with E-state index in [9.17, 15) is 0 Å². The van der Waals surface area contributed by atoms with Gasteiger partial charge in [0, 0.05) is 35.7 Å². The minimum Gasteiger partial charge on any atom is -0.354 e. The highest BCUT2D eigenvalue weighted by molar-refractivity contribution is 6.39. The second-order valence-corrected chi connectivity index (χ2v) is 11.7. The fourth-order valence-electron chi connectivity index (χ4n) is 4.72. The van der Waals surface area contributed by atoms with E-state index in [1.807, 2.05) is 24.3 Å². The largest absolute Gasteiger partial charge is 0.354 e. The molecule has 11 heteroatoms. The molecule has 0 amide bonds. The Balaban J connectivity index is 1.60. The molecule has 0 atom stereocenters. The molecule has 6 N–H and O–H groups in total. The van der Waals surface area contributed by atoms with Crippen LogP contribution in [-0.4, -0.2) is 79.3 Å². The molecule has 1 aromatic carbocycles. The van der Waals surface area contributed by atoms with Gasteiger partial charge >= 0.3 is 5.96 Å². The lowest BCUT2D eigenvalue weighted by atomic mass is 10.0. The zero-order valence-corrected chi connectivity index (χ0v) is 25.1. The monoisotopic (exact) mass is 574 g/mol. The number of piperazine rings is 1. The first-order chi connectivity index (χ1) is 18.7. The molecular weight excluding hydrogens is 533 g/mol. The van der Waals surface area contributed by atoms with E-state index in [1.54, 1.807) is 16.0 Å². The number of nitrogens with one attached hydrogen (secondary N) is 6. The first kappa shape index (κ1) is 29.3. The van der Waals surface area contributed by atoms with Crippen LogP contribution in [0.5, 0.6) is 0 Å². The third kappa shape index (κ3) is 8.14. The van der Waals surface area contributed by atoms with E-state index in [1.165, 1.54) is 26.2 Å². The lowest BCUT2D eigenvalue weighted by molar-refractivity contribution is -1.00. The van der Waals surface area contributed by atoms with E-state index in [4.69, 9.17) is 33.2 Å². The smallest absolute Gasteiger partial charge is 0.350 e. The molecule has 1 aliphatic rings. The molecule has 1 aliphatic heterocycles. The van der Waals surface area contributed by atoms with Crippen LogP contribution in [0.15, 0.2) is 30.5 Å². The fourth-order valence-corrected chi connectivity index (χ4v) is 5.32. The van der Waals surface area contributed by atoms with Crippen molar-refractivity contribution in [1.29, 1.82) is 0 Å². The van der Waals surface area contributed by atoms with E-state index >= 15 is 0 Å². The van der Waals surface area contributed by atoms with Gasteiger partial charge in [0.15, 0.2) is 5.65 Å². The van der Waals surface area contributed by atoms with Crippen molar-refractivity contribution < 1.29 is 14.8 Å². The molecular formula is C28H42Cl2N9+3. The molecule has 39 heavy (non-hydrogen) atoms. The molecule has 3 aromatic rings. The van der Waals surface area contributed by atoms with Crippen LogP contribution in [-0.2, 0) is 0 Å². The quantitative estimate of drug-likeness (QED) is 0.126. The van der Waals surface area contributed by atoms with Gasteiger partial charge in [0.1, 0.15) is 26.2 Å². The number of benzene rings is 1. The SMILES string of the molecule is CC(C)NC(Nc1nc2nc(NCCC[NH+]3CC[NH+](C)CC3)ncc2cc1-c1c(Cl)cccc1Cl)=[NH+]C(C)C. The normalized spacial score (nSPS) is 18.1. The van der Waals surface area contributed by atoms with Gasteiger partial charge in [-0.25, -0.2) is 10.3 Å². The van der Waals surface area contributed by atoms with Crippen LogP contribution in [0.25, 0.3) is 22.2 Å². The van der Waals surface area contributed by atoms with Crippen molar-refractivity contribution in [3.05, 3.63) is 40.5 Å². The summed E-state index contributed by atoms with van der Waals surface area (Å²) in [6.45, 7) is 15.3. The Kier molecular flexibility index (Phi) is 10.2. The average Bonchev–Trinajstić information content (AvgIpc) is 2.87. The summed E-state index contributed by atoms with van der Waals surface area (Å²) in [5, 5.41) is 12.2. The summed E-state index contributed by atoms with van der Waals surface area (Å²) in [5.41, 5.74) is 2.07. The summed E-state index contributed by atoms with van der Waals surface area (Å²) in [5.74, 6) is 1.92. The Morgan fingerprint density at radius 2 is 1.77 bits per heavy atom. The Bertz CT molecular complexity index is 1270. The third-order valence-electron chi connectivity index (χ3n) is 6.71. The number of hydrogen-bond acceptors (Lipinski definition) is 4. The number of aromatic nitrogens is 3. The first-order valence-electron chi connectivity index (χ1n) is 13.9. The van der Waals surface area contributed by atoms with Gasteiger partial charge in [0.25, 0.3) is 0 Å². The van der Waals surface area contributed by atoms with Gasteiger partial charge in [0.2, 0.25) is 11.8 Å². The minimum absolute atomic E-state index is 0.207. The summed E-state index contributed by atoms with van der Waals surface area (Å²) in [7, 11) is 2.27. The molecule has 210 valence electrons. The molecule has 0 bridgehead atoms. The van der Waals surface area contributed by atoms with Crippen LogP contribution in [0.1, 0.15) is 34.1 Å². The van der Waals surface area contributed by atoms with E-state index in [0.29, 0.717) is 33.0 Å². The number of guanidine groups is 1. The molecule has 9 nitrogen and oxygen atoms in total. The maximum absolute atomic E-state index is 6.63. The van der Waals surface area contributed by atoms with E-state index in [0.717, 1.165) is 36.4 Å². The molecule has 0 spiro atoms. The average molecular weight is 576 g/mol. The van der Waals surface area contributed by atoms with Gasteiger partial charge in [-0.1, -0.05) is 29.3 Å². The Hall–Kier alpha value is -2.72. The molecule has 0 aliphatic carbocycles. The fraction of sp³-hybridized carbons (Fsp3) is 0.500. The lowest BCUT2D eigenvalue weighted by Crippen LogP contribution is -3.27. The van der Waals surface area contributed by atoms with Gasteiger partial charge < -0.3 is 15.1 Å². The van der Waals surface area contributed by atoms with Crippen LogP contribution < -0.4 is 30.7 Å². The second-order valence-electron chi connectivity index (χ2n) is 10.9. The van der Waals surface area contributed by atoms with Gasteiger partial charge in [-0.2, -0.15) is 9.97 Å². The summed E-state index contributed by atoms with van der Waals surface area (Å²) in [6.07, 6.45) is 2.87. The molecule has 1 saturated heterocycles. The van der Waals surface area contributed by atoms with Crippen molar-refractivity contribution in [3.63, 3.8) is 0 Å². The zero-order chi connectivity index (χ0) is 27.9. The molecule has 1 fully saturated rings. The lowest BCUT2D eigenvalue weighted by Gasteiger charge is -2.27. The Morgan fingerprint density at radius 1 is 1.05 bits per heavy atom. The Morgan fingerprint density at radius 3 is 2.44 bits per heavy atom. The van der Waals surface area contributed by atoms with Crippen molar-refractivity contribution in [1.82, 2.24) is 20.3 Å². The highest BCUT2D eigenvalue weighted by Gasteiger charge is 2.22. The maximum Gasteiger partial charge on any atom is 0.350 e. The molecule has 2 aromatic heterocycles. The van der Waals surface area contributed by atoms with Crippen molar-refractivity contribution in [2.45, 2.75) is 46.2 Å². The predicted octanol–water partition coefficient (Wildman–Crippen LogP) is 0.469. The van der Waals surface area contributed by atoms with E-state index in [2.05, 4.69) is 60.7 Å². The zero-order valence-electron chi connectivity index (χ0n) is 23.6. The van der Waals surface area contributed by atoms with Gasteiger partial charge in [0.05, 0.1) is 35.7 Å². The first-order valence-corrected chi connectivity index (χ1v) is 14.6. The predicted molar refractivity (Wildman–Crippen MR) is 161 cm³/mol. The van der Waals surface area contributed by atoms with E-state index < -0.39 is 0 Å². The molecule has 0 saturated carbocycles. The van der Waals surface area contributed by atoms with Crippen LogP contribution >= 0.6 is 23.2 Å². The topological polar surface area (TPSA) is 97.6 Å². The van der Waals surface area contributed by atoms with Crippen molar-refractivity contribution in [2.24, 2.45) is 0 Å². The number of likely N-dealkylation sites (N-methyl/N-ethyl adjacent to an activating group) is 1. The van der Waals surface area contributed by atoms with Crippen molar-refractivity contribution in [3.8, 4) is 11.1 Å². The number of rotatable bonds is 9. The van der Waals surface area contributed by atoms with Crippen LogP contribution in [0.4, 0.5) is 11.8 Å². The molecule has 0 unspecified atom stereocenters. The highest BCUT2D eigenvalue weighted by Crippen LogP contribution is 2.39. The minimum atomic E-state index is 0.207. The van der Waals surface area contributed by atoms with Crippen LogP contribution in [0.2, 0.25) is 10.0 Å². The molecule has 0 radical (unpaired) electrons. The number of hydrogen-bond donors (Lipinski definition) is 6. The van der Waals surface area contributed by atoms with Crippen LogP contribution in [0.3, 0.4) is 0 Å². The molecule has 3 heterocycles. The van der Waals surface area contributed by atoms with Crippen LogP contribution in [0, 0.1) is 0 Å². The maximum atomic E-state index is 6.63. The molecule has 4 rings (SSSR count). The number of pyridine rings is 1. The Labute approximate surface area is 241 Å². The summed E-state index contributed by atoms with van der Waals surface area (Å²) >= 11 is 13.3. The van der Waals surface area contributed by atoms with Gasteiger partial charge in [-0.05, 0) is 45.9 Å². The number of fused-ring (bicyclic) bond motifs is 1. The summed E-state index contributed by atoms with van der Waals surface area (Å²) in [6, 6.07) is 7.89. The summed E-state index contributed by atoms with van der Waals surface area (Å²) in [4.78, 5) is 21.0. The number of nitrogens with zero attached hydrogens (tertiary/aromatic N) is 3. The second kappa shape index (κ2) is 13.6. The number of quaternary nitrogens is 2. The van der Waals surface area contributed by atoms with Crippen molar-refractivity contribution >= 4 is 52.0 Å². The standard InChI is InChI=1S/C28H39Cl2N9/c1-18(2)33-28(34-19(3)4)37-26-21(24-22(29)8-6-9-23(24)30)16-20-17-32-27(36-25(20)35-26)31-10-7-11-39-14-12-38(5)13-15-39/h6,8-9,16-19H,7,10-15H2,1-5H3,(H3,31,32,33,34,35,36,37)/p+3. The van der Waals surface area contributed by atoms with Crippen molar-refractivity contribution in [2.75, 3.05) is 56.9 Å². The van der Waals surface area contributed by atoms with Gasteiger partial charge in [-0.3, -0.25) is 10.3 Å².